The van der Waals surface area contributed by atoms with Crippen LogP contribution in [0, 0.1) is 0 Å². The van der Waals surface area contributed by atoms with E-state index in [1.54, 1.807) is 11.0 Å². The number of likely N-dealkylation sites (tertiary alicyclic amines) is 1. The van der Waals surface area contributed by atoms with Gasteiger partial charge in [0.2, 0.25) is 0 Å². The Balaban J connectivity index is 1.31. The van der Waals surface area contributed by atoms with Gasteiger partial charge >= 0.3 is 0 Å². The third-order valence-corrected chi connectivity index (χ3v) is 6.08. The highest BCUT2D eigenvalue weighted by Crippen LogP contribution is 2.24. The van der Waals surface area contributed by atoms with Gasteiger partial charge in [0.25, 0.3) is 5.91 Å². The summed E-state index contributed by atoms with van der Waals surface area (Å²) in [6, 6.07) is 8.69. The number of carbonyl (C=O) groups is 1. The van der Waals surface area contributed by atoms with Gasteiger partial charge in [0, 0.05) is 24.2 Å². The van der Waals surface area contributed by atoms with Gasteiger partial charge < -0.3 is 5.32 Å². The van der Waals surface area contributed by atoms with Crippen LogP contribution >= 0.6 is 0 Å². The quantitative estimate of drug-likeness (QED) is 0.805. The minimum Gasteiger partial charge on any atom is -0.348 e. The number of nitrogens with one attached hydrogen (secondary N) is 1. The van der Waals surface area contributed by atoms with Gasteiger partial charge in [-0.15, -0.1) is 5.10 Å². The molecule has 1 aliphatic carbocycles. The molecule has 0 spiro atoms. The molecular weight excluding hydrogens is 352 g/mol. The van der Waals surface area contributed by atoms with Gasteiger partial charge in [0.1, 0.15) is 6.33 Å². The summed E-state index contributed by atoms with van der Waals surface area (Å²) < 4.78 is 1.67. The zero-order valence-corrected chi connectivity index (χ0v) is 16.5. The number of aromatic nitrogens is 4. The maximum atomic E-state index is 12.7. The van der Waals surface area contributed by atoms with E-state index in [4.69, 9.17) is 0 Å². The van der Waals surface area contributed by atoms with Crippen molar-refractivity contribution in [1.82, 2.24) is 30.4 Å². The normalized spacial score (nSPS) is 21.9. The molecule has 1 amide bonds. The van der Waals surface area contributed by atoms with E-state index in [9.17, 15) is 4.79 Å². The number of rotatable bonds is 5. The van der Waals surface area contributed by atoms with Crippen molar-refractivity contribution in [2.24, 2.45) is 0 Å². The lowest BCUT2D eigenvalue weighted by Gasteiger charge is -2.38. The number of tetrazole rings is 1. The fourth-order valence-electron chi connectivity index (χ4n) is 4.55. The predicted molar refractivity (Wildman–Crippen MR) is 107 cm³/mol. The van der Waals surface area contributed by atoms with E-state index in [2.05, 4.69) is 25.7 Å². The summed E-state index contributed by atoms with van der Waals surface area (Å²) in [5.41, 5.74) is 1.79. The maximum absolute atomic E-state index is 12.7. The molecule has 2 heterocycles. The predicted octanol–water partition coefficient (Wildman–Crippen LogP) is 2.64. The number of benzene rings is 1. The van der Waals surface area contributed by atoms with E-state index in [1.165, 1.54) is 51.5 Å². The number of amides is 1. The number of piperidine rings is 1. The molecule has 4 rings (SSSR count). The van der Waals surface area contributed by atoms with E-state index in [0.717, 1.165) is 18.5 Å². The van der Waals surface area contributed by atoms with E-state index in [1.807, 2.05) is 24.3 Å². The molecular formula is C21H30N6O. The van der Waals surface area contributed by atoms with Crippen molar-refractivity contribution >= 4 is 5.91 Å². The van der Waals surface area contributed by atoms with E-state index >= 15 is 0 Å². The topological polar surface area (TPSA) is 75.9 Å². The first-order valence-electron chi connectivity index (χ1n) is 10.6. The Morgan fingerprint density at radius 1 is 1.04 bits per heavy atom. The summed E-state index contributed by atoms with van der Waals surface area (Å²) in [6.45, 7) is 2.78. The average molecular weight is 383 g/mol. The number of hydrogen-bond acceptors (Lipinski definition) is 5. The SMILES string of the molecule is O=C(N[C@@H]1CCCN(C2CCCCCC2)C1)c1ccc(Cn2cnnn2)cc1. The van der Waals surface area contributed by atoms with Gasteiger partial charge in [-0.3, -0.25) is 9.69 Å². The summed E-state index contributed by atoms with van der Waals surface area (Å²) in [5.74, 6) is 0.0293. The van der Waals surface area contributed by atoms with Crippen molar-refractivity contribution in [3.63, 3.8) is 0 Å². The lowest BCUT2D eigenvalue weighted by molar-refractivity contribution is 0.0860. The summed E-state index contributed by atoms with van der Waals surface area (Å²) in [4.78, 5) is 15.3. The molecule has 1 saturated heterocycles. The Morgan fingerprint density at radius 2 is 1.82 bits per heavy atom. The standard InChI is InChI=1S/C21H30N6O/c28-21(18-11-9-17(10-12-18)14-27-16-22-24-25-27)23-19-6-5-13-26(15-19)20-7-3-1-2-4-8-20/h9-12,16,19-20H,1-8,13-15H2,(H,23,28)/t19-/m1/s1. The number of nitrogens with zero attached hydrogens (tertiary/aromatic N) is 5. The molecule has 0 radical (unpaired) electrons. The van der Waals surface area contributed by atoms with Crippen molar-refractivity contribution < 1.29 is 4.79 Å². The van der Waals surface area contributed by atoms with E-state index < -0.39 is 0 Å². The Morgan fingerprint density at radius 3 is 2.54 bits per heavy atom. The van der Waals surface area contributed by atoms with Crippen molar-refractivity contribution in [3.8, 4) is 0 Å². The number of hydrogen-bond donors (Lipinski definition) is 1. The van der Waals surface area contributed by atoms with Gasteiger partial charge in [-0.25, -0.2) is 4.68 Å². The van der Waals surface area contributed by atoms with Gasteiger partial charge in [-0.1, -0.05) is 37.8 Å². The van der Waals surface area contributed by atoms with Crippen LogP contribution in [0.2, 0.25) is 0 Å². The van der Waals surface area contributed by atoms with Crippen LogP contribution in [-0.4, -0.2) is 56.2 Å². The third kappa shape index (κ3) is 4.95. The Bertz CT molecular complexity index is 737. The molecule has 1 aliphatic heterocycles. The van der Waals surface area contributed by atoms with E-state index in [0.29, 0.717) is 18.2 Å². The summed E-state index contributed by atoms with van der Waals surface area (Å²) in [6.07, 6.45) is 12.0. The van der Waals surface area contributed by atoms with Crippen molar-refractivity contribution in [2.45, 2.75) is 70.0 Å². The fraction of sp³-hybridized carbons (Fsp3) is 0.619. The molecule has 2 aromatic rings. The Labute approximate surface area is 166 Å². The highest BCUT2D eigenvalue weighted by atomic mass is 16.1. The Hall–Kier alpha value is -2.28. The monoisotopic (exact) mass is 382 g/mol. The minimum absolute atomic E-state index is 0.0293. The first-order chi connectivity index (χ1) is 13.8. The largest absolute Gasteiger partial charge is 0.348 e. The molecule has 28 heavy (non-hydrogen) atoms. The van der Waals surface area contributed by atoms with Crippen molar-refractivity contribution in [3.05, 3.63) is 41.7 Å². The first-order valence-corrected chi connectivity index (χ1v) is 10.6. The average Bonchev–Trinajstić information content (AvgIpc) is 3.08. The van der Waals surface area contributed by atoms with Crippen molar-refractivity contribution in [2.75, 3.05) is 13.1 Å². The van der Waals surface area contributed by atoms with E-state index in [-0.39, 0.29) is 11.9 Å². The summed E-state index contributed by atoms with van der Waals surface area (Å²) in [7, 11) is 0. The highest BCUT2D eigenvalue weighted by Gasteiger charge is 2.27. The molecule has 1 aromatic carbocycles. The lowest BCUT2D eigenvalue weighted by Crippen LogP contribution is -2.50. The van der Waals surface area contributed by atoms with Crippen LogP contribution in [0.5, 0.6) is 0 Å². The van der Waals surface area contributed by atoms with Crippen LogP contribution in [0.3, 0.4) is 0 Å². The molecule has 0 unspecified atom stereocenters. The van der Waals surface area contributed by atoms with Crippen LogP contribution in [0.1, 0.15) is 67.3 Å². The molecule has 7 nitrogen and oxygen atoms in total. The van der Waals surface area contributed by atoms with Crippen LogP contribution in [-0.2, 0) is 6.54 Å². The van der Waals surface area contributed by atoms with Crippen LogP contribution in [0.4, 0.5) is 0 Å². The third-order valence-electron chi connectivity index (χ3n) is 6.08. The van der Waals surface area contributed by atoms with Gasteiger partial charge in [-0.2, -0.15) is 0 Å². The molecule has 1 N–H and O–H groups in total. The molecule has 7 heteroatoms. The molecule has 1 aromatic heterocycles. The van der Waals surface area contributed by atoms with Crippen LogP contribution in [0.25, 0.3) is 0 Å². The Kier molecular flexibility index (Phi) is 6.31. The second-order valence-corrected chi connectivity index (χ2v) is 8.16. The molecule has 1 atom stereocenters. The molecule has 1 saturated carbocycles. The smallest absolute Gasteiger partial charge is 0.251 e. The zero-order valence-electron chi connectivity index (χ0n) is 16.5. The fourth-order valence-corrected chi connectivity index (χ4v) is 4.55. The van der Waals surface area contributed by atoms with Gasteiger partial charge in [-0.05, 0) is 60.4 Å². The van der Waals surface area contributed by atoms with Crippen molar-refractivity contribution in [1.29, 1.82) is 0 Å². The van der Waals surface area contributed by atoms with Crippen LogP contribution in [0.15, 0.2) is 30.6 Å². The molecule has 150 valence electrons. The summed E-state index contributed by atoms with van der Waals surface area (Å²) >= 11 is 0. The maximum Gasteiger partial charge on any atom is 0.251 e. The lowest BCUT2D eigenvalue weighted by atomic mass is 9.99. The molecule has 2 aliphatic rings. The second-order valence-electron chi connectivity index (χ2n) is 8.16. The van der Waals surface area contributed by atoms with Crippen LogP contribution < -0.4 is 5.32 Å². The molecule has 2 fully saturated rings. The van der Waals surface area contributed by atoms with Gasteiger partial charge in [0.15, 0.2) is 0 Å². The second kappa shape index (κ2) is 9.28. The first kappa shape index (κ1) is 19.1. The molecule has 0 bridgehead atoms. The number of carbonyl (C=O) groups excluding carboxylic acids is 1. The minimum atomic E-state index is 0.0293. The zero-order chi connectivity index (χ0) is 19.2. The van der Waals surface area contributed by atoms with Gasteiger partial charge in [0.05, 0.1) is 6.54 Å². The summed E-state index contributed by atoms with van der Waals surface area (Å²) in [5, 5.41) is 14.4. The highest BCUT2D eigenvalue weighted by molar-refractivity contribution is 5.94.